The second kappa shape index (κ2) is 6.43. The number of benzene rings is 2. The van der Waals surface area contributed by atoms with Crippen LogP contribution in [-0.4, -0.2) is 35.7 Å². The van der Waals surface area contributed by atoms with Gasteiger partial charge in [0.2, 0.25) is 5.91 Å². The Morgan fingerprint density at radius 2 is 1.67 bits per heavy atom. The van der Waals surface area contributed by atoms with Gasteiger partial charge in [-0.1, -0.05) is 44.5 Å². The molecule has 0 spiro atoms. The summed E-state index contributed by atoms with van der Waals surface area (Å²) < 4.78 is 0. The Bertz CT molecular complexity index is 778. The zero-order valence-corrected chi connectivity index (χ0v) is 13.8. The van der Waals surface area contributed by atoms with Gasteiger partial charge in [-0.15, -0.1) is 0 Å². The van der Waals surface area contributed by atoms with E-state index >= 15 is 0 Å². The summed E-state index contributed by atoms with van der Waals surface area (Å²) in [6, 6.07) is 10.7. The fourth-order valence-corrected chi connectivity index (χ4v) is 2.86. The molecule has 24 heavy (non-hydrogen) atoms. The van der Waals surface area contributed by atoms with Crippen LogP contribution in [0.25, 0.3) is 10.8 Å². The molecule has 2 aromatic carbocycles. The van der Waals surface area contributed by atoms with Crippen molar-refractivity contribution in [3.05, 3.63) is 47.5 Å². The van der Waals surface area contributed by atoms with Gasteiger partial charge in [-0.05, 0) is 23.4 Å². The first-order valence-corrected chi connectivity index (χ1v) is 8.17. The van der Waals surface area contributed by atoms with Crippen LogP contribution in [0.15, 0.2) is 36.4 Å². The number of hydrogen-bond acceptors (Lipinski definition) is 3. The molecule has 2 aromatic rings. The molecule has 1 atom stereocenters. The number of hydrogen-bond donors (Lipinski definition) is 1. The molecule has 3 amide bonds. The molecule has 0 saturated carbocycles. The Labute approximate surface area is 140 Å². The second-order valence-electron chi connectivity index (χ2n) is 6.22. The van der Waals surface area contributed by atoms with Crippen LogP contribution in [0.4, 0.5) is 0 Å². The number of amides is 3. The van der Waals surface area contributed by atoms with E-state index in [1.54, 1.807) is 24.3 Å². The summed E-state index contributed by atoms with van der Waals surface area (Å²) in [6.07, 6.45) is 0.956. The highest BCUT2D eigenvalue weighted by Gasteiger charge is 2.33. The van der Waals surface area contributed by atoms with Crippen molar-refractivity contribution < 1.29 is 14.4 Å². The van der Waals surface area contributed by atoms with Crippen molar-refractivity contribution in [3.63, 3.8) is 0 Å². The van der Waals surface area contributed by atoms with Crippen molar-refractivity contribution in [2.45, 2.75) is 20.3 Å². The van der Waals surface area contributed by atoms with E-state index in [9.17, 15) is 14.4 Å². The number of imide groups is 1. The van der Waals surface area contributed by atoms with E-state index in [-0.39, 0.29) is 12.5 Å². The summed E-state index contributed by atoms with van der Waals surface area (Å²) in [5, 5.41) is 4.31. The second-order valence-corrected chi connectivity index (χ2v) is 6.22. The topological polar surface area (TPSA) is 66.5 Å². The molecule has 1 unspecified atom stereocenters. The van der Waals surface area contributed by atoms with Gasteiger partial charge in [-0.2, -0.15) is 0 Å². The van der Waals surface area contributed by atoms with E-state index in [1.807, 2.05) is 26.0 Å². The molecule has 0 fully saturated rings. The van der Waals surface area contributed by atoms with Gasteiger partial charge in [-0.3, -0.25) is 19.3 Å². The molecule has 1 N–H and O–H groups in total. The third-order valence-electron chi connectivity index (χ3n) is 4.50. The Morgan fingerprint density at radius 3 is 2.21 bits per heavy atom. The fraction of sp³-hybridized carbons (Fsp3) is 0.316. The molecule has 0 bridgehead atoms. The lowest BCUT2D eigenvalue weighted by Crippen LogP contribution is -2.46. The maximum absolute atomic E-state index is 12.7. The first-order chi connectivity index (χ1) is 11.5. The van der Waals surface area contributed by atoms with Crippen molar-refractivity contribution in [1.82, 2.24) is 10.2 Å². The van der Waals surface area contributed by atoms with Gasteiger partial charge >= 0.3 is 0 Å². The molecule has 1 aliphatic heterocycles. The SMILES string of the molecule is CCC(C)CNC(=O)CN1C(=O)c2cccc3cccc(c23)C1=O. The van der Waals surface area contributed by atoms with E-state index in [4.69, 9.17) is 0 Å². The van der Waals surface area contributed by atoms with Gasteiger partial charge in [0.05, 0.1) is 0 Å². The molecule has 0 aliphatic carbocycles. The smallest absolute Gasteiger partial charge is 0.261 e. The van der Waals surface area contributed by atoms with Crippen molar-refractivity contribution in [2.24, 2.45) is 5.92 Å². The summed E-state index contributed by atoms with van der Waals surface area (Å²) >= 11 is 0. The largest absolute Gasteiger partial charge is 0.354 e. The third kappa shape index (κ3) is 2.77. The zero-order valence-electron chi connectivity index (χ0n) is 13.8. The molecule has 0 radical (unpaired) electrons. The van der Waals surface area contributed by atoms with Crippen LogP contribution in [0.2, 0.25) is 0 Å². The van der Waals surface area contributed by atoms with E-state index in [1.165, 1.54) is 0 Å². The molecule has 5 heteroatoms. The summed E-state index contributed by atoms with van der Waals surface area (Å²) in [7, 11) is 0. The average Bonchev–Trinajstić information content (AvgIpc) is 2.61. The minimum Gasteiger partial charge on any atom is -0.354 e. The molecule has 0 aromatic heterocycles. The maximum Gasteiger partial charge on any atom is 0.261 e. The lowest BCUT2D eigenvalue weighted by Gasteiger charge is -2.26. The van der Waals surface area contributed by atoms with Gasteiger partial charge in [0.15, 0.2) is 0 Å². The van der Waals surface area contributed by atoms with Gasteiger partial charge in [0.1, 0.15) is 6.54 Å². The number of rotatable bonds is 5. The Kier molecular flexibility index (Phi) is 4.34. The Morgan fingerprint density at radius 1 is 1.08 bits per heavy atom. The number of carbonyl (C=O) groups is 3. The van der Waals surface area contributed by atoms with Gasteiger partial charge in [0.25, 0.3) is 11.8 Å². The Balaban J connectivity index is 1.86. The maximum atomic E-state index is 12.7. The van der Waals surface area contributed by atoms with Crippen LogP contribution in [0.3, 0.4) is 0 Å². The minimum absolute atomic E-state index is 0.251. The Hall–Kier alpha value is -2.69. The fourth-order valence-electron chi connectivity index (χ4n) is 2.86. The predicted molar refractivity (Wildman–Crippen MR) is 91.8 cm³/mol. The summed E-state index contributed by atoms with van der Waals surface area (Å²) in [5.74, 6) is -0.786. The van der Waals surface area contributed by atoms with E-state index in [0.29, 0.717) is 29.0 Å². The van der Waals surface area contributed by atoms with Crippen molar-refractivity contribution in [2.75, 3.05) is 13.1 Å². The lowest BCUT2D eigenvalue weighted by molar-refractivity contribution is -0.121. The number of nitrogens with zero attached hydrogens (tertiary/aromatic N) is 1. The van der Waals surface area contributed by atoms with Gasteiger partial charge in [-0.25, -0.2) is 0 Å². The van der Waals surface area contributed by atoms with E-state index in [2.05, 4.69) is 5.32 Å². The normalized spacial score (nSPS) is 14.8. The molecule has 1 aliphatic rings. The first-order valence-electron chi connectivity index (χ1n) is 8.17. The highest BCUT2D eigenvalue weighted by atomic mass is 16.2. The van der Waals surface area contributed by atoms with E-state index < -0.39 is 11.8 Å². The molecule has 0 saturated heterocycles. The molecular weight excluding hydrogens is 304 g/mol. The highest BCUT2D eigenvalue weighted by molar-refractivity contribution is 6.26. The number of carbonyl (C=O) groups excluding carboxylic acids is 3. The van der Waals surface area contributed by atoms with Crippen molar-refractivity contribution >= 4 is 28.5 Å². The van der Waals surface area contributed by atoms with Gasteiger partial charge in [0, 0.05) is 23.1 Å². The summed E-state index contributed by atoms with van der Waals surface area (Å²) in [4.78, 5) is 38.5. The van der Waals surface area contributed by atoms with Crippen LogP contribution in [0.5, 0.6) is 0 Å². The number of nitrogens with one attached hydrogen (secondary N) is 1. The highest BCUT2D eigenvalue weighted by Crippen LogP contribution is 2.29. The minimum atomic E-state index is -0.414. The molecule has 1 heterocycles. The standard InChI is InChI=1S/C19H20N2O3/c1-3-12(2)10-20-16(22)11-21-18(23)14-8-4-6-13-7-5-9-15(17(13)14)19(21)24/h4-9,12H,3,10-11H2,1-2H3,(H,20,22). The average molecular weight is 324 g/mol. The molecule has 3 rings (SSSR count). The summed E-state index contributed by atoms with van der Waals surface area (Å²) in [6.45, 7) is 4.37. The van der Waals surface area contributed by atoms with Crippen molar-refractivity contribution in [1.29, 1.82) is 0 Å². The molecule has 124 valence electrons. The molecule has 5 nitrogen and oxygen atoms in total. The summed E-state index contributed by atoms with van der Waals surface area (Å²) in [5.41, 5.74) is 0.940. The van der Waals surface area contributed by atoms with Gasteiger partial charge < -0.3 is 5.32 Å². The third-order valence-corrected chi connectivity index (χ3v) is 4.50. The van der Waals surface area contributed by atoms with Crippen LogP contribution in [0, 0.1) is 5.92 Å². The molecular formula is C19H20N2O3. The predicted octanol–water partition coefficient (Wildman–Crippen LogP) is 2.60. The van der Waals surface area contributed by atoms with Crippen LogP contribution < -0.4 is 5.32 Å². The lowest BCUT2D eigenvalue weighted by atomic mass is 9.94. The zero-order chi connectivity index (χ0) is 17.3. The van der Waals surface area contributed by atoms with Crippen molar-refractivity contribution in [3.8, 4) is 0 Å². The van der Waals surface area contributed by atoms with E-state index in [0.717, 1.165) is 16.7 Å². The van der Waals surface area contributed by atoms with Crippen LogP contribution >= 0.6 is 0 Å². The quantitative estimate of drug-likeness (QED) is 0.860. The van der Waals surface area contributed by atoms with Crippen LogP contribution in [-0.2, 0) is 4.79 Å². The van der Waals surface area contributed by atoms with Crippen LogP contribution in [0.1, 0.15) is 41.0 Å². The monoisotopic (exact) mass is 324 g/mol. The first kappa shape index (κ1) is 16.2.